The maximum atomic E-state index is 13.4. The van der Waals surface area contributed by atoms with Crippen LogP contribution in [0.5, 0.6) is 0 Å². The number of hydrogen-bond acceptors (Lipinski definition) is 3. The van der Waals surface area contributed by atoms with Crippen LogP contribution in [0.3, 0.4) is 0 Å². The topological polar surface area (TPSA) is 43.9 Å². The highest BCUT2D eigenvalue weighted by Crippen LogP contribution is 2.26. The van der Waals surface area contributed by atoms with E-state index in [2.05, 4.69) is 9.80 Å². The number of likely N-dealkylation sites (tertiary alicyclic amines) is 3. The molecule has 0 saturated carbocycles. The molecule has 0 N–H and O–H groups in total. The number of carbonyl (C=O) groups excluding carboxylic acids is 2. The van der Waals surface area contributed by atoms with Gasteiger partial charge in [0.25, 0.3) is 5.91 Å². The van der Waals surface area contributed by atoms with Gasteiger partial charge in [-0.3, -0.25) is 14.5 Å². The summed E-state index contributed by atoms with van der Waals surface area (Å²) in [5.41, 5.74) is 0.424. The van der Waals surface area contributed by atoms with E-state index in [1.54, 1.807) is 12.1 Å². The molecule has 0 unspecified atom stereocenters. The largest absolute Gasteiger partial charge is 0.342 e. The van der Waals surface area contributed by atoms with Crippen LogP contribution in [0.2, 0.25) is 0 Å². The molecule has 0 bridgehead atoms. The molecular formula is C22H30FN3O2. The van der Waals surface area contributed by atoms with Crippen molar-refractivity contribution in [3.63, 3.8) is 0 Å². The molecule has 0 aliphatic carbocycles. The second-order valence-electron chi connectivity index (χ2n) is 8.40. The average Bonchev–Trinajstić information content (AvgIpc) is 3.28. The SMILES string of the molecule is O=C(c1cccc(F)c1)N1CCC(N2CCC[C@H](C(=O)N3CCCC3)C2)CC1. The normalized spacial score (nSPS) is 24.5. The molecule has 1 atom stereocenters. The molecule has 6 heteroatoms. The summed E-state index contributed by atoms with van der Waals surface area (Å²) in [5.74, 6) is 0.0289. The Morgan fingerprint density at radius 1 is 0.893 bits per heavy atom. The van der Waals surface area contributed by atoms with Crippen LogP contribution in [0.4, 0.5) is 4.39 Å². The van der Waals surface area contributed by atoms with Crippen molar-refractivity contribution >= 4 is 11.8 Å². The van der Waals surface area contributed by atoms with Gasteiger partial charge in [0.15, 0.2) is 0 Å². The lowest BCUT2D eigenvalue weighted by Crippen LogP contribution is -2.51. The van der Waals surface area contributed by atoms with Crippen LogP contribution in [0, 0.1) is 11.7 Å². The van der Waals surface area contributed by atoms with Crippen LogP contribution >= 0.6 is 0 Å². The molecule has 2 amide bonds. The first kappa shape index (κ1) is 19.4. The standard InChI is InChI=1S/C22H30FN3O2/c23-19-7-3-5-17(15-19)21(27)25-13-8-20(9-14-25)26-12-4-6-18(16-26)22(28)24-10-1-2-11-24/h3,5,7,15,18,20H,1-2,4,6,8-14,16H2/t18-/m0/s1. The van der Waals surface area contributed by atoms with E-state index in [1.165, 1.54) is 12.1 Å². The summed E-state index contributed by atoms with van der Waals surface area (Å²) < 4.78 is 13.4. The lowest BCUT2D eigenvalue weighted by atomic mass is 9.92. The molecule has 0 spiro atoms. The Morgan fingerprint density at radius 2 is 1.64 bits per heavy atom. The van der Waals surface area contributed by atoms with Crippen molar-refractivity contribution in [2.45, 2.75) is 44.6 Å². The minimum absolute atomic E-state index is 0.0846. The van der Waals surface area contributed by atoms with Crippen molar-refractivity contribution < 1.29 is 14.0 Å². The number of halogens is 1. The van der Waals surface area contributed by atoms with Gasteiger partial charge >= 0.3 is 0 Å². The lowest BCUT2D eigenvalue weighted by Gasteiger charge is -2.42. The van der Waals surface area contributed by atoms with Gasteiger partial charge in [-0.15, -0.1) is 0 Å². The third-order valence-electron chi connectivity index (χ3n) is 6.56. The van der Waals surface area contributed by atoms with E-state index >= 15 is 0 Å². The zero-order valence-corrected chi connectivity index (χ0v) is 16.5. The monoisotopic (exact) mass is 387 g/mol. The van der Waals surface area contributed by atoms with Crippen LogP contribution in [-0.2, 0) is 4.79 Å². The molecule has 1 aromatic rings. The van der Waals surface area contributed by atoms with E-state index in [9.17, 15) is 14.0 Å². The Kier molecular flexibility index (Phi) is 5.95. The fourth-order valence-electron chi connectivity index (χ4n) is 4.97. The van der Waals surface area contributed by atoms with Gasteiger partial charge in [-0.2, -0.15) is 0 Å². The smallest absolute Gasteiger partial charge is 0.253 e. The average molecular weight is 387 g/mol. The molecule has 3 heterocycles. The molecule has 28 heavy (non-hydrogen) atoms. The second-order valence-corrected chi connectivity index (χ2v) is 8.40. The summed E-state index contributed by atoms with van der Waals surface area (Å²) in [6, 6.07) is 6.37. The predicted octanol–water partition coefficient (Wildman–Crippen LogP) is 2.76. The number of carbonyl (C=O) groups is 2. The van der Waals surface area contributed by atoms with Crippen molar-refractivity contribution in [1.29, 1.82) is 0 Å². The Labute approximate surface area is 166 Å². The number of nitrogens with zero attached hydrogens (tertiary/aromatic N) is 3. The first-order valence-electron chi connectivity index (χ1n) is 10.7. The van der Waals surface area contributed by atoms with Crippen molar-refractivity contribution in [2.75, 3.05) is 39.3 Å². The summed E-state index contributed by atoms with van der Waals surface area (Å²) in [4.78, 5) is 31.8. The van der Waals surface area contributed by atoms with Crippen LogP contribution in [-0.4, -0.2) is 71.8 Å². The Morgan fingerprint density at radius 3 is 2.36 bits per heavy atom. The molecule has 1 aromatic carbocycles. The lowest BCUT2D eigenvalue weighted by molar-refractivity contribution is -0.136. The fraction of sp³-hybridized carbons (Fsp3) is 0.636. The highest BCUT2D eigenvalue weighted by atomic mass is 19.1. The molecule has 3 saturated heterocycles. The number of rotatable bonds is 3. The molecule has 0 radical (unpaired) electrons. The molecule has 3 fully saturated rings. The van der Waals surface area contributed by atoms with E-state index in [0.717, 1.165) is 64.7 Å². The Hall–Kier alpha value is -1.95. The van der Waals surface area contributed by atoms with Gasteiger partial charge in [0, 0.05) is 44.3 Å². The Bertz CT molecular complexity index is 711. The summed E-state index contributed by atoms with van der Waals surface area (Å²) in [6.07, 6.45) is 6.20. The van der Waals surface area contributed by atoms with Gasteiger partial charge in [0.05, 0.1) is 5.92 Å². The van der Waals surface area contributed by atoms with Crippen LogP contribution in [0.15, 0.2) is 24.3 Å². The van der Waals surface area contributed by atoms with Crippen LogP contribution in [0.25, 0.3) is 0 Å². The summed E-state index contributed by atoms with van der Waals surface area (Å²) in [5, 5.41) is 0. The van der Waals surface area contributed by atoms with E-state index in [-0.39, 0.29) is 17.6 Å². The van der Waals surface area contributed by atoms with Crippen LogP contribution < -0.4 is 0 Å². The first-order valence-corrected chi connectivity index (χ1v) is 10.7. The second kappa shape index (κ2) is 8.60. The summed E-state index contributed by atoms with van der Waals surface area (Å²) in [7, 11) is 0. The van der Waals surface area contributed by atoms with Crippen LogP contribution in [0.1, 0.15) is 48.9 Å². The zero-order valence-electron chi connectivity index (χ0n) is 16.5. The van der Waals surface area contributed by atoms with Gasteiger partial charge in [-0.1, -0.05) is 6.07 Å². The minimum Gasteiger partial charge on any atom is -0.342 e. The maximum Gasteiger partial charge on any atom is 0.253 e. The van der Waals surface area contributed by atoms with Crippen molar-refractivity contribution in [3.05, 3.63) is 35.6 Å². The Balaban J connectivity index is 1.30. The maximum absolute atomic E-state index is 13.4. The predicted molar refractivity (Wildman–Crippen MR) is 105 cm³/mol. The molecule has 3 aliphatic rings. The quantitative estimate of drug-likeness (QED) is 0.801. The fourth-order valence-corrected chi connectivity index (χ4v) is 4.97. The van der Waals surface area contributed by atoms with Gasteiger partial charge < -0.3 is 9.80 Å². The highest BCUT2D eigenvalue weighted by Gasteiger charge is 2.34. The van der Waals surface area contributed by atoms with Gasteiger partial charge in [-0.05, 0) is 63.3 Å². The third kappa shape index (κ3) is 4.22. The molecule has 4 rings (SSSR count). The van der Waals surface area contributed by atoms with Crippen molar-refractivity contribution in [1.82, 2.24) is 14.7 Å². The number of hydrogen-bond donors (Lipinski definition) is 0. The van der Waals surface area contributed by atoms with Crippen molar-refractivity contribution in [3.8, 4) is 0 Å². The van der Waals surface area contributed by atoms with E-state index in [1.807, 2.05) is 4.90 Å². The van der Waals surface area contributed by atoms with E-state index < -0.39 is 0 Å². The molecule has 0 aromatic heterocycles. The molecule has 152 valence electrons. The van der Waals surface area contributed by atoms with Crippen molar-refractivity contribution in [2.24, 2.45) is 5.92 Å². The zero-order chi connectivity index (χ0) is 19.5. The minimum atomic E-state index is -0.372. The number of piperidine rings is 2. The first-order chi connectivity index (χ1) is 13.6. The highest BCUT2D eigenvalue weighted by molar-refractivity contribution is 5.94. The molecule has 5 nitrogen and oxygen atoms in total. The van der Waals surface area contributed by atoms with Gasteiger partial charge in [0.1, 0.15) is 5.82 Å². The summed E-state index contributed by atoms with van der Waals surface area (Å²) in [6.45, 7) is 5.15. The number of benzene rings is 1. The molecule has 3 aliphatic heterocycles. The summed E-state index contributed by atoms with van der Waals surface area (Å²) >= 11 is 0. The number of amides is 2. The van der Waals surface area contributed by atoms with E-state index in [0.29, 0.717) is 30.6 Å². The van der Waals surface area contributed by atoms with Gasteiger partial charge in [-0.25, -0.2) is 4.39 Å². The van der Waals surface area contributed by atoms with Gasteiger partial charge in [0.2, 0.25) is 5.91 Å². The van der Waals surface area contributed by atoms with E-state index in [4.69, 9.17) is 0 Å². The molecular weight excluding hydrogens is 357 g/mol. The third-order valence-corrected chi connectivity index (χ3v) is 6.56.